The summed E-state index contributed by atoms with van der Waals surface area (Å²) in [5.41, 5.74) is 2.04. The molecule has 3 rings (SSSR count). The quantitative estimate of drug-likeness (QED) is 0.706. The molecule has 0 saturated heterocycles. The van der Waals surface area contributed by atoms with Gasteiger partial charge in [0, 0.05) is 28.0 Å². The van der Waals surface area contributed by atoms with Gasteiger partial charge in [-0.15, -0.1) is 0 Å². The summed E-state index contributed by atoms with van der Waals surface area (Å²) in [6.07, 6.45) is -1.44. The van der Waals surface area contributed by atoms with Crippen molar-refractivity contribution in [1.82, 2.24) is 0 Å². The van der Waals surface area contributed by atoms with Crippen LogP contribution < -0.4 is 4.90 Å². The Morgan fingerprint density at radius 2 is 1.72 bits per heavy atom. The molecule has 1 aliphatic heterocycles. The third-order valence-electron chi connectivity index (χ3n) is 3.93. The molecule has 1 aliphatic rings. The zero-order chi connectivity index (χ0) is 17.8. The molecule has 25 heavy (non-hydrogen) atoms. The van der Waals surface area contributed by atoms with Gasteiger partial charge in [-0.1, -0.05) is 35.5 Å². The standard InChI is InChI=1S/C19H22ClNO3S/c1-3-23-19(24-4-2)16(22)12-21-14-7-5-6-8-17(14)25-18-10-9-13(20)11-15(18)21/h5-11,16,19,22H,3-4,12H2,1-2H3/t16-/m0/s1. The topological polar surface area (TPSA) is 41.9 Å². The van der Waals surface area contributed by atoms with Crippen LogP contribution in [0.1, 0.15) is 13.8 Å². The van der Waals surface area contributed by atoms with Crippen molar-refractivity contribution < 1.29 is 14.6 Å². The summed E-state index contributed by atoms with van der Waals surface area (Å²) in [6, 6.07) is 14.0. The SMILES string of the molecule is CCOC(OCC)[C@@H](O)CN1c2ccccc2Sc2ccc(Cl)cc21. The maximum Gasteiger partial charge on any atom is 0.185 e. The summed E-state index contributed by atoms with van der Waals surface area (Å²) in [4.78, 5) is 4.34. The molecule has 2 aromatic rings. The lowest BCUT2D eigenvalue weighted by Gasteiger charge is -2.35. The van der Waals surface area contributed by atoms with Crippen molar-refractivity contribution >= 4 is 34.7 Å². The highest BCUT2D eigenvalue weighted by Gasteiger charge is 2.29. The number of halogens is 1. The fourth-order valence-electron chi connectivity index (χ4n) is 2.87. The van der Waals surface area contributed by atoms with Crippen LogP contribution in [0.25, 0.3) is 0 Å². The molecule has 0 aromatic heterocycles. The summed E-state index contributed by atoms with van der Waals surface area (Å²) in [5, 5.41) is 11.4. The van der Waals surface area contributed by atoms with Gasteiger partial charge in [-0.05, 0) is 44.2 Å². The molecule has 0 bridgehead atoms. The third kappa shape index (κ3) is 4.13. The van der Waals surface area contributed by atoms with Gasteiger partial charge in [0.15, 0.2) is 6.29 Å². The summed E-state index contributed by atoms with van der Waals surface area (Å²) in [6.45, 7) is 5.10. The van der Waals surface area contributed by atoms with E-state index in [0.717, 1.165) is 21.2 Å². The average molecular weight is 380 g/mol. The molecule has 0 amide bonds. The van der Waals surface area contributed by atoms with Crippen molar-refractivity contribution in [3.63, 3.8) is 0 Å². The monoisotopic (exact) mass is 379 g/mol. The fourth-order valence-corrected chi connectivity index (χ4v) is 4.11. The van der Waals surface area contributed by atoms with E-state index in [2.05, 4.69) is 17.0 Å². The number of fused-ring (bicyclic) bond motifs is 2. The second kappa shape index (κ2) is 8.43. The Morgan fingerprint density at radius 3 is 2.44 bits per heavy atom. The van der Waals surface area contributed by atoms with Gasteiger partial charge in [-0.3, -0.25) is 0 Å². The Kier molecular flexibility index (Phi) is 6.25. The minimum absolute atomic E-state index is 0.357. The minimum atomic E-state index is -0.789. The lowest BCUT2D eigenvalue weighted by molar-refractivity contribution is -0.186. The van der Waals surface area contributed by atoms with E-state index in [1.165, 1.54) is 0 Å². The van der Waals surface area contributed by atoms with Crippen LogP contribution in [-0.4, -0.2) is 37.3 Å². The predicted molar refractivity (Wildman–Crippen MR) is 102 cm³/mol. The van der Waals surface area contributed by atoms with E-state index in [1.807, 2.05) is 44.2 Å². The fraction of sp³-hybridized carbons (Fsp3) is 0.368. The Morgan fingerprint density at radius 1 is 1.04 bits per heavy atom. The Labute approximate surface area is 157 Å². The van der Waals surface area contributed by atoms with Crippen LogP contribution in [0.15, 0.2) is 52.3 Å². The summed E-state index contributed by atoms with van der Waals surface area (Å²) < 4.78 is 11.1. The Bertz CT molecular complexity index is 722. The minimum Gasteiger partial charge on any atom is -0.386 e. The molecule has 0 spiro atoms. The molecule has 1 atom stereocenters. The van der Waals surface area contributed by atoms with Gasteiger partial charge in [0.2, 0.25) is 0 Å². The second-order valence-corrected chi connectivity index (χ2v) is 7.16. The zero-order valence-corrected chi connectivity index (χ0v) is 15.9. The summed E-state index contributed by atoms with van der Waals surface area (Å²) >= 11 is 7.93. The predicted octanol–water partition coefficient (Wildman–Crippen LogP) is 4.70. The molecule has 0 radical (unpaired) electrons. The zero-order valence-electron chi connectivity index (χ0n) is 14.3. The van der Waals surface area contributed by atoms with Gasteiger partial charge in [0.25, 0.3) is 0 Å². The van der Waals surface area contributed by atoms with Crippen molar-refractivity contribution in [2.45, 2.75) is 36.0 Å². The van der Waals surface area contributed by atoms with Crippen LogP contribution in [-0.2, 0) is 9.47 Å². The molecule has 1 N–H and O–H groups in total. The van der Waals surface area contributed by atoms with Crippen molar-refractivity contribution in [2.75, 3.05) is 24.7 Å². The molecule has 0 fully saturated rings. The van der Waals surface area contributed by atoms with Crippen molar-refractivity contribution in [3.05, 3.63) is 47.5 Å². The number of para-hydroxylation sites is 1. The highest BCUT2D eigenvalue weighted by Crippen LogP contribution is 2.48. The number of aliphatic hydroxyl groups excluding tert-OH is 1. The van der Waals surface area contributed by atoms with Crippen LogP contribution in [0, 0.1) is 0 Å². The van der Waals surface area contributed by atoms with Crippen LogP contribution in [0.3, 0.4) is 0 Å². The number of aliphatic hydroxyl groups is 1. The van der Waals surface area contributed by atoms with Gasteiger partial charge in [0.1, 0.15) is 6.10 Å². The summed E-state index contributed by atoms with van der Waals surface area (Å²) in [7, 11) is 0. The molecular weight excluding hydrogens is 358 g/mol. The Balaban J connectivity index is 1.93. The average Bonchev–Trinajstić information content (AvgIpc) is 2.61. The molecule has 1 heterocycles. The molecule has 134 valence electrons. The highest BCUT2D eigenvalue weighted by molar-refractivity contribution is 7.99. The van der Waals surface area contributed by atoms with Crippen LogP contribution in [0.2, 0.25) is 5.02 Å². The molecule has 6 heteroatoms. The first-order valence-corrected chi connectivity index (χ1v) is 9.58. The number of nitrogens with zero attached hydrogens (tertiary/aromatic N) is 1. The first-order valence-electron chi connectivity index (χ1n) is 8.39. The van der Waals surface area contributed by atoms with Gasteiger partial charge < -0.3 is 19.5 Å². The number of hydrogen-bond donors (Lipinski definition) is 1. The molecule has 4 nitrogen and oxygen atoms in total. The third-order valence-corrected chi connectivity index (χ3v) is 5.30. The van der Waals surface area contributed by atoms with Crippen LogP contribution >= 0.6 is 23.4 Å². The first-order chi connectivity index (χ1) is 12.1. The second-order valence-electron chi connectivity index (χ2n) is 5.64. The van der Waals surface area contributed by atoms with Crippen LogP contribution in [0.5, 0.6) is 0 Å². The van der Waals surface area contributed by atoms with Gasteiger partial charge in [0.05, 0.1) is 17.9 Å². The highest BCUT2D eigenvalue weighted by atomic mass is 35.5. The lowest BCUT2D eigenvalue weighted by Crippen LogP contribution is -2.41. The number of rotatable bonds is 7. The first kappa shape index (κ1) is 18.5. The molecule has 0 aliphatic carbocycles. The summed E-state index contributed by atoms with van der Waals surface area (Å²) in [5.74, 6) is 0. The lowest BCUT2D eigenvalue weighted by atomic mass is 10.2. The Hall–Kier alpha value is -1.24. The molecule has 0 saturated carbocycles. The number of β-amino-alcohol motifs (C(OH)–C–C–N with tert-alkyl or cyclic N) is 1. The molecule has 2 aromatic carbocycles. The van der Waals surface area contributed by atoms with E-state index in [4.69, 9.17) is 21.1 Å². The van der Waals surface area contributed by atoms with E-state index < -0.39 is 12.4 Å². The van der Waals surface area contributed by atoms with E-state index >= 15 is 0 Å². The molecular formula is C19H22ClNO3S. The smallest absolute Gasteiger partial charge is 0.185 e. The number of anilines is 2. The van der Waals surface area contributed by atoms with E-state index in [9.17, 15) is 5.11 Å². The normalized spacial score (nSPS) is 14.4. The van der Waals surface area contributed by atoms with E-state index in [1.54, 1.807) is 11.8 Å². The molecule has 0 unspecified atom stereocenters. The van der Waals surface area contributed by atoms with Crippen molar-refractivity contribution in [3.8, 4) is 0 Å². The number of ether oxygens (including phenoxy) is 2. The largest absolute Gasteiger partial charge is 0.386 e. The number of benzene rings is 2. The van der Waals surface area contributed by atoms with Crippen LogP contribution in [0.4, 0.5) is 11.4 Å². The van der Waals surface area contributed by atoms with E-state index in [-0.39, 0.29) is 0 Å². The van der Waals surface area contributed by atoms with Crippen molar-refractivity contribution in [2.24, 2.45) is 0 Å². The van der Waals surface area contributed by atoms with Gasteiger partial charge in [-0.25, -0.2) is 0 Å². The number of hydrogen-bond acceptors (Lipinski definition) is 5. The van der Waals surface area contributed by atoms with Gasteiger partial charge >= 0.3 is 0 Å². The van der Waals surface area contributed by atoms with Crippen molar-refractivity contribution in [1.29, 1.82) is 0 Å². The van der Waals surface area contributed by atoms with E-state index in [0.29, 0.717) is 24.8 Å². The maximum absolute atomic E-state index is 10.7. The van der Waals surface area contributed by atoms with Gasteiger partial charge in [-0.2, -0.15) is 0 Å². The maximum atomic E-state index is 10.7.